The fourth-order valence-electron chi connectivity index (χ4n) is 3.56. The molecule has 0 atom stereocenters. The summed E-state index contributed by atoms with van der Waals surface area (Å²) in [7, 11) is 1.59. The largest absolute Gasteiger partial charge is 0.497 e. The number of aryl methyl sites for hydroxylation is 1. The van der Waals surface area contributed by atoms with Crippen molar-refractivity contribution in [2.45, 2.75) is 37.7 Å². The Morgan fingerprint density at radius 1 is 1.09 bits per heavy atom. The number of benzene rings is 3. The number of hydrogen-bond acceptors (Lipinski definition) is 5. The highest BCUT2D eigenvalue weighted by atomic mass is 32.2. The molecule has 34 heavy (non-hydrogen) atoms. The van der Waals surface area contributed by atoms with E-state index in [1.807, 2.05) is 38.1 Å². The van der Waals surface area contributed by atoms with Gasteiger partial charge in [-0.3, -0.25) is 14.2 Å². The lowest BCUT2D eigenvalue weighted by molar-refractivity contribution is 0.0943. The summed E-state index contributed by atoms with van der Waals surface area (Å²) in [5.74, 6) is 1.11. The van der Waals surface area contributed by atoms with Crippen LogP contribution < -0.4 is 15.6 Å². The van der Waals surface area contributed by atoms with Crippen molar-refractivity contribution >= 4 is 28.6 Å². The maximum absolute atomic E-state index is 13.6. The molecule has 1 N–H and O–H groups in total. The van der Waals surface area contributed by atoms with E-state index in [2.05, 4.69) is 36.5 Å². The number of thioether (sulfide) groups is 1. The van der Waals surface area contributed by atoms with E-state index in [1.165, 1.54) is 17.3 Å². The highest BCUT2D eigenvalue weighted by Crippen LogP contribution is 2.26. The zero-order chi connectivity index (χ0) is 24.2. The van der Waals surface area contributed by atoms with Gasteiger partial charge in [0.05, 0.1) is 23.7 Å². The normalized spacial score (nSPS) is 11.1. The Kier molecular flexibility index (Phi) is 7.03. The van der Waals surface area contributed by atoms with Crippen molar-refractivity contribution < 1.29 is 9.53 Å². The number of carbonyl (C=O) groups is 1. The number of amides is 1. The van der Waals surface area contributed by atoms with Crippen LogP contribution in [0.4, 0.5) is 0 Å². The summed E-state index contributed by atoms with van der Waals surface area (Å²) in [5, 5.41) is 3.88. The van der Waals surface area contributed by atoms with Gasteiger partial charge < -0.3 is 10.1 Å². The molecule has 7 heteroatoms. The van der Waals surface area contributed by atoms with Gasteiger partial charge in [-0.2, -0.15) is 0 Å². The topological polar surface area (TPSA) is 73.2 Å². The molecule has 0 bridgehead atoms. The molecule has 174 valence electrons. The number of fused-ring (bicyclic) bond motifs is 1. The minimum atomic E-state index is -0.194. The molecule has 1 amide bonds. The first-order chi connectivity index (χ1) is 16.4. The van der Waals surface area contributed by atoms with Gasteiger partial charge in [0.2, 0.25) is 0 Å². The van der Waals surface area contributed by atoms with Crippen LogP contribution in [-0.4, -0.2) is 28.6 Å². The molecule has 0 aliphatic rings. The lowest BCUT2D eigenvalue weighted by Gasteiger charge is -2.15. The fraction of sp³-hybridized carbons (Fsp3) is 0.222. The standard InChI is InChI=1S/C27H27N3O3S/c1-17(2)28-25(31)20-12-13-23-24(14-20)29-27(34-16-19-10-8-18(3)9-11-19)30(26(23)32)21-6-5-7-22(15-21)33-4/h5-15,17H,16H2,1-4H3,(H,28,31). The molecule has 0 aliphatic heterocycles. The number of carbonyl (C=O) groups excluding carboxylic acids is 1. The summed E-state index contributed by atoms with van der Waals surface area (Å²) in [6.07, 6.45) is 0. The van der Waals surface area contributed by atoms with Crippen LogP contribution in [0.15, 0.2) is 76.7 Å². The number of rotatable bonds is 7. The first-order valence-electron chi connectivity index (χ1n) is 11.1. The predicted molar refractivity (Wildman–Crippen MR) is 137 cm³/mol. The first kappa shape index (κ1) is 23.6. The van der Waals surface area contributed by atoms with Crippen LogP contribution in [-0.2, 0) is 5.75 Å². The monoisotopic (exact) mass is 473 g/mol. The maximum Gasteiger partial charge on any atom is 0.266 e. The second-order valence-corrected chi connectivity index (χ2v) is 9.31. The van der Waals surface area contributed by atoms with Gasteiger partial charge in [0, 0.05) is 23.4 Å². The Bertz CT molecular complexity index is 1390. The zero-order valence-corrected chi connectivity index (χ0v) is 20.5. The van der Waals surface area contributed by atoms with Crippen LogP contribution in [0.2, 0.25) is 0 Å². The minimum absolute atomic E-state index is 0.0119. The van der Waals surface area contributed by atoms with Gasteiger partial charge in [-0.15, -0.1) is 0 Å². The van der Waals surface area contributed by atoms with E-state index in [-0.39, 0.29) is 17.5 Å². The lowest BCUT2D eigenvalue weighted by atomic mass is 10.1. The second-order valence-electron chi connectivity index (χ2n) is 8.37. The highest BCUT2D eigenvalue weighted by molar-refractivity contribution is 7.98. The average molecular weight is 474 g/mol. The smallest absolute Gasteiger partial charge is 0.266 e. The van der Waals surface area contributed by atoms with Gasteiger partial charge in [0.25, 0.3) is 11.5 Å². The van der Waals surface area contributed by atoms with E-state index in [4.69, 9.17) is 9.72 Å². The summed E-state index contributed by atoms with van der Waals surface area (Å²) >= 11 is 1.48. The van der Waals surface area contributed by atoms with E-state index < -0.39 is 0 Å². The highest BCUT2D eigenvalue weighted by Gasteiger charge is 2.16. The van der Waals surface area contributed by atoms with Crippen LogP contribution >= 0.6 is 11.8 Å². The van der Waals surface area contributed by atoms with Crippen LogP contribution in [0.25, 0.3) is 16.6 Å². The van der Waals surface area contributed by atoms with E-state index in [9.17, 15) is 9.59 Å². The number of ether oxygens (including phenoxy) is 1. The third-order valence-corrected chi connectivity index (χ3v) is 6.33. The van der Waals surface area contributed by atoms with Gasteiger partial charge >= 0.3 is 0 Å². The Balaban J connectivity index is 1.83. The van der Waals surface area contributed by atoms with Gasteiger partial charge in [-0.25, -0.2) is 4.98 Å². The molecule has 6 nitrogen and oxygen atoms in total. The summed E-state index contributed by atoms with van der Waals surface area (Å²) < 4.78 is 6.98. The Morgan fingerprint density at radius 3 is 2.56 bits per heavy atom. The maximum atomic E-state index is 13.6. The minimum Gasteiger partial charge on any atom is -0.497 e. The average Bonchev–Trinajstić information content (AvgIpc) is 2.83. The summed E-state index contributed by atoms with van der Waals surface area (Å²) in [6, 6.07) is 20.7. The molecule has 0 saturated heterocycles. The van der Waals surface area contributed by atoms with Crippen molar-refractivity contribution in [3.63, 3.8) is 0 Å². The van der Waals surface area contributed by atoms with Gasteiger partial charge in [0.1, 0.15) is 5.75 Å². The molecular weight excluding hydrogens is 446 g/mol. The second kappa shape index (κ2) is 10.1. The Morgan fingerprint density at radius 2 is 1.85 bits per heavy atom. The zero-order valence-electron chi connectivity index (χ0n) is 19.7. The number of nitrogens with one attached hydrogen (secondary N) is 1. The molecule has 0 aliphatic carbocycles. The van der Waals surface area contributed by atoms with E-state index in [0.29, 0.717) is 38.8 Å². The van der Waals surface area contributed by atoms with E-state index >= 15 is 0 Å². The third-order valence-electron chi connectivity index (χ3n) is 5.32. The number of methoxy groups -OCH3 is 1. The molecule has 0 radical (unpaired) electrons. The summed E-state index contributed by atoms with van der Waals surface area (Å²) in [6.45, 7) is 5.86. The van der Waals surface area contributed by atoms with Crippen molar-refractivity contribution in [3.05, 3.63) is 93.8 Å². The number of hydrogen-bond donors (Lipinski definition) is 1. The van der Waals surface area contributed by atoms with Crippen LogP contribution in [0.5, 0.6) is 5.75 Å². The molecule has 4 rings (SSSR count). The van der Waals surface area contributed by atoms with Gasteiger partial charge in [0.15, 0.2) is 5.16 Å². The summed E-state index contributed by atoms with van der Waals surface area (Å²) in [4.78, 5) is 31.0. The van der Waals surface area contributed by atoms with E-state index in [0.717, 1.165) is 5.56 Å². The lowest BCUT2D eigenvalue weighted by Crippen LogP contribution is -2.30. The molecule has 0 unspecified atom stereocenters. The Hall–Kier alpha value is -3.58. The summed E-state index contributed by atoms with van der Waals surface area (Å²) in [5.41, 5.74) is 3.77. The molecule has 3 aromatic carbocycles. The third kappa shape index (κ3) is 5.15. The van der Waals surface area contributed by atoms with Crippen molar-refractivity contribution in [3.8, 4) is 11.4 Å². The first-order valence-corrected chi connectivity index (χ1v) is 12.0. The fourth-order valence-corrected chi connectivity index (χ4v) is 4.53. The molecule has 0 spiro atoms. The van der Waals surface area contributed by atoms with Crippen LogP contribution in [0.3, 0.4) is 0 Å². The molecule has 4 aromatic rings. The van der Waals surface area contributed by atoms with Crippen molar-refractivity contribution in [1.82, 2.24) is 14.9 Å². The molecule has 1 heterocycles. The quantitative estimate of drug-likeness (QED) is 0.297. The van der Waals surface area contributed by atoms with Crippen LogP contribution in [0.1, 0.15) is 35.3 Å². The van der Waals surface area contributed by atoms with Gasteiger partial charge in [-0.05, 0) is 56.7 Å². The molecule has 0 saturated carbocycles. The molecule has 1 aromatic heterocycles. The predicted octanol–water partition coefficient (Wildman–Crippen LogP) is 5.13. The number of aromatic nitrogens is 2. The van der Waals surface area contributed by atoms with Crippen molar-refractivity contribution in [2.75, 3.05) is 7.11 Å². The van der Waals surface area contributed by atoms with Crippen molar-refractivity contribution in [1.29, 1.82) is 0 Å². The molecular formula is C27H27N3O3S. The van der Waals surface area contributed by atoms with Gasteiger partial charge in [-0.1, -0.05) is 47.7 Å². The van der Waals surface area contributed by atoms with Crippen molar-refractivity contribution in [2.24, 2.45) is 0 Å². The number of nitrogens with zero attached hydrogens (tertiary/aromatic N) is 2. The SMILES string of the molecule is COc1cccc(-n2c(SCc3ccc(C)cc3)nc3cc(C(=O)NC(C)C)ccc3c2=O)c1. The molecule has 0 fully saturated rings. The van der Waals surface area contributed by atoms with Crippen LogP contribution in [0, 0.1) is 6.92 Å². The Labute approximate surface area is 203 Å². The van der Waals surface area contributed by atoms with E-state index in [1.54, 1.807) is 29.9 Å².